The van der Waals surface area contributed by atoms with E-state index in [0.717, 1.165) is 30.2 Å². The first kappa shape index (κ1) is 12.6. The molecule has 0 radical (unpaired) electrons. The molecule has 0 aliphatic carbocycles. The second kappa shape index (κ2) is 4.60. The predicted octanol–water partition coefficient (Wildman–Crippen LogP) is 2.67. The Morgan fingerprint density at radius 1 is 1.16 bits per heavy atom. The van der Waals surface area contributed by atoms with Crippen molar-refractivity contribution in [2.45, 2.75) is 38.8 Å². The van der Waals surface area contributed by atoms with Gasteiger partial charge >= 0.3 is 0 Å². The summed E-state index contributed by atoms with van der Waals surface area (Å²) in [7, 11) is 0. The molecular weight excluding hydrogens is 242 g/mol. The van der Waals surface area contributed by atoms with Crippen LogP contribution in [0.5, 0.6) is 17.2 Å². The van der Waals surface area contributed by atoms with E-state index in [1.54, 1.807) is 0 Å². The molecule has 1 atom stereocenters. The molecule has 19 heavy (non-hydrogen) atoms. The van der Waals surface area contributed by atoms with Gasteiger partial charge in [-0.3, -0.25) is 0 Å². The van der Waals surface area contributed by atoms with E-state index in [9.17, 15) is 0 Å². The van der Waals surface area contributed by atoms with Crippen LogP contribution in [0.25, 0.3) is 0 Å². The van der Waals surface area contributed by atoms with E-state index < -0.39 is 0 Å². The largest absolute Gasteiger partial charge is 0.487 e. The van der Waals surface area contributed by atoms with E-state index in [1.807, 2.05) is 6.07 Å². The fourth-order valence-electron chi connectivity index (χ4n) is 2.82. The van der Waals surface area contributed by atoms with Crippen molar-refractivity contribution in [3.63, 3.8) is 0 Å². The maximum absolute atomic E-state index is 6.09. The fourth-order valence-corrected chi connectivity index (χ4v) is 2.82. The van der Waals surface area contributed by atoms with Gasteiger partial charge in [-0.1, -0.05) is 6.92 Å². The summed E-state index contributed by atoms with van der Waals surface area (Å²) in [6.07, 6.45) is 0.952. The molecule has 4 heteroatoms. The van der Waals surface area contributed by atoms with Crippen LogP contribution in [0.1, 0.15) is 38.8 Å². The third-order valence-electron chi connectivity index (χ3n) is 3.58. The van der Waals surface area contributed by atoms with Crippen molar-refractivity contribution in [1.82, 2.24) is 5.32 Å². The molecule has 4 nitrogen and oxygen atoms in total. The van der Waals surface area contributed by atoms with Crippen LogP contribution in [-0.2, 0) is 0 Å². The molecule has 0 saturated carbocycles. The molecule has 2 aliphatic heterocycles. The van der Waals surface area contributed by atoms with E-state index in [1.165, 1.54) is 5.56 Å². The monoisotopic (exact) mass is 263 g/mol. The average Bonchev–Trinajstić information content (AvgIpc) is 2.36. The highest BCUT2D eigenvalue weighted by Gasteiger charge is 2.34. The highest BCUT2D eigenvalue weighted by molar-refractivity contribution is 5.53. The Kier molecular flexibility index (Phi) is 3.05. The number of benzene rings is 1. The van der Waals surface area contributed by atoms with E-state index in [2.05, 4.69) is 32.2 Å². The molecule has 0 aromatic heterocycles. The molecule has 2 aliphatic rings. The van der Waals surface area contributed by atoms with Crippen molar-refractivity contribution < 1.29 is 14.2 Å². The molecule has 3 rings (SSSR count). The molecule has 0 saturated heterocycles. The summed E-state index contributed by atoms with van der Waals surface area (Å²) in [4.78, 5) is 0. The van der Waals surface area contributed by atoms with Crippen molar-refractivity contribution in [2.75, 3.05) is 19.8 Å². The first-order chi connectivity index (χ1) is 9.09. The van der Waals surface area contributed by atoms with Gasteiger partial charge in [-0.2, -0.15) is 0 Å². The van der Waals surface area contributed by atoms with E-state index in [-0.39, 0.29) is 5.60 Å². The van der Waals surface area contributed by atoms with Crippen LogP contribution in [0.15, 0.2) is 12.1 Å². The van der Waals surface area contributed by atoms with Crippen LogP contribution in [0, 0.1) is 0 Å². The number of ether oxygens (including phenoxy) is 3. The molecule has 1 aromatic rings. The zero-order valence-corrected chi connectivity index (χ0v) is 11.8. The molecule has 1 aromatic carbocycles. The maximum atomic E-state index is 6.09. The van der Waals surface area contributed by atoms with Crippen LogP contribution < -0.4 is 19.5 Å². The zero-order valence-electron chi connectivity index (χ0n) is 11.8. The molecule has 1 unspecified atom stereocenters. The van der Waals surface area contributed by atoms with Gasteiger partial charge in [0.15, 0.2) is 11.5 Å². The lowest BCUT2D eigenvalue weighted by atomic mass is 9.89. The van der Waals surface area contributed by atoms with Gasteiger partial charge in [-0.25, -0.2) is 0 Å². The van der Waals surface area contributed by atoms with Crippen LogP contribution in [-0.4, -0.2) is 25.4 Å². The first-order valence-electron chi connectivity index (χ1n) is 6.95. The number of nitrogens with one attached hydrogen (secondary N) is 1. The standard InChI is InChI=1S/C15H21NO3/c1-4-16-11-9-15(2,3)19-12-8-14-13(7-10(11)12)17-5-6-18-14/h7-8,11,16H,4-6,9H2,1-3H3. The Hall–Kier alpha value is -1.42. The minimum atomic E-state index is -0.163. The molecular formula is C15H21NO3. The quantitative estimate of drug-likeness (QED) is 0.890. The van der Waals surface area contributed by atoms with Gasteiger partial charge in [-0.15, -0.1) is 0 Å². The molecule has 2 heterocycles. The van der Waals surface area contributed by atoms with Gasteiger partial charge in [-0.05, 0) is 26.5 Å². The Labute approximate surface area is 114 Å². The Morgan fingerprint density at radius 2 is 1.84 bits per heavy atom. The van der Waals surface area contributed by atoms with Gasteiger partial charge in [0.25, 0.3) is 0 Å². The second-order valence-electron chi connectivity index (χ2n) is 5.71. The lowest BCUT2D eigenvalue weighted by molar-refractivity contribution is 0.0648. The van der Waals surface area contributed by atoms with Gasteiger partial charge in [0.05, 0.1) is 0 Å². The summed E-state index contributed by atoms with van der Waals surface area (Å²) in [6.45, 7) is 8.53. The SMILES string of the molecule is CCNC1CC(C)(C)Oc2cc3c(cc21)OCCO3. The van der Waals surface area contributed by atoms with Crippen molar-refractivity contribution in [3.8, 4) is 17.2 Å². The van der Waals surface area contributed by atoms with Crippen LogP contribution in [0.2, 0.25) is 0 Å². The summed E-state index contributed by atoms with van der Waals surface area (Å²) in [5, 5.41) is 3.53. The topological polar surface area (TPSA) is 39.7 Å². The van der Waals surface area contributed by atoms with Crippen molar-refractivity contribution in [1.29, 1.82) is 0 Å². The van der Waals surface area contributed by atoms with Gasteiger partial charge in [0.1, 0.15) is 24.6 Å². The average molecular weight is 263 g/mol. The summed E-state index contributed by atoms with van der Waals surface area (Å²) in [6, 6.07) is 4.33. The van der Waals surface area contributed by atoms with Gasteiger partial charge in [0.2, 0.25) is 0 Å². The van der Waals surface area contributed by atoms with Crippen LogP contribution in [0.3, 0.4) is 0 Å². The normalized spacial score (nSPS) is 23.4. The molecule has 0 amide bonds. The third-order valence-corrected chi connectivity index (χ3v) is 3.58. The Balaban J connectivity index is 2.02. The number of rotatable bonds is 2. The summed E-state index contributed by atoms with van der Waals surface area (Å²) in [5.41, 5.74) is 1.01. The summed E-state index contributed by atoms with van der Waals surface area (Å²) < 4.78 is 17.4. The van der Waals surface area contributed by atoms with Crippen LogP contribution in [0.4, 0.5) is 0 Å². The van der Waals surface area contributed by atoms with Gasteiger partial charge < -0.3 is 19.5 Å². The van der Waals surface area contributed by atoms with E-state index in [4.69, 9.17) is 14.2 Å². The Morgan fingerprint density at radius 3 is 2.53 bits per heavy atom. The zero-order chi connectivity index (χ0) is 13.5. The first-order valence-corrected chi connectivity index (χ1v) is 6.95. The lowest BCUT2D eigenvalue weighted by Crippen LogP contribution is -2.39. The predicted molar refractivity (Wildman–Crippen MR) is 73.2 cm³/mol. The van der Waals surface area contributed by atoms with Crippen molar-refractivity contribution in [3.05, 3.63) is 17.7 Å². The highest BCUT2D eigenvalue weighted by atomic mass is 16.6. The molecule has 104 valence electrons. The number of hydrogen-bond donors (Lipinski definition) is 1. The van der Waals surface area contributed by atoms with Crippen molar-refractivity contribution >= 4 is 0 Å². The van der Waals surface area contributed by atoms with Crippen LogP contribution >= 0.6 is 0 Å². The molecule has 0 spiro atoms. The van der Waals surface area contributed by atoms with Crippen molar-refractivity contribution in [2.24, 2.45) is 0 Å². The van der Waals surface area contributed by atoms with E-state index >= 15 is 0 Å². The summed E-state index contributed by atoms with van der Waals surface area (Å²) >= 11 is 0. The molecule has 1 N–H and O–H groups in total. The Bertz CT molecular complexity index is 485. The second-order valence-corrected chi connectivity index (χ2v) is 5.71. The number of fused-ring (bicyclic) bond motifs is 2. The maximum Gasteiger partial charge on any atom is 0.165 e. The van der Waals surface area contributed by atoms with E-state index in [0.29, 0.717) is 19.3 Å². The summed E-state index contributed by atoms with van der Waals surface area (Å²) in [5.74, 6) is 2.53. The smallest absolute Gasteiger partial charge is 0.165 e. The molecule has 0 bridgehead atoms. The fraction of sp³-hybridized carbons (Fsp3) is 0.600. The highest BCUT2D eigenvalue weighted by Crippen LogP contribution is 2.45. The minimum Gasteiger partial charge on any atom is -0.487 e. The number of hydrogen-bond acceptors (Lipinski definition) is 4. The lowest BCUT2D eigenvalue weighted by Gasteiger charge is -2.38. The minimum absolute atomic E-state index is 0.163. The van der Waals surface area contributed by atoms with Gasteiger partial charge in [0, 0.05) is 24.1 Å². The third kappa shape index (κ3) is 2.37. The molecule has 0 fully saturated rings.